The van der Waals surface area contributed by atoms with Crippen LogP contribution in [0.2, 0.25) is 0 Å². The predicted molar refractivity (Wildman–Crippen MR) is 142 cm³/mol. The summed E-state index contributed by atoms with van der Waals surface area (Å²) in [5.41, 5.74) is 5.75. The lowest BCUT2D eigenvalue weighted by molar-refractivity contribution is -0.116. The molecular formula is C30H32N2O4. The van der Waals surface area contributed by atoms with Crippen molar-refractivity contribution in [3.05, 3.63) is 89.1 Å². The average Bonchev–Trinajstić information content (AvgIpc) is 3.09. The largest absolute Gasteiger partial charge is 0.497 e. The molecule has 186 valence electrons. The Morgan fingerprint density at radius 2 is 1.61 bits per heavy atom. The van der Waals surface area contributed by atoms with Gasteiger partial charge in [0.2, 0.25) is 0 Å². The van der Waals surface area contributed by atoms with E-state index in [1.807, 2.05) is 54.6 Å². The van der Waals surface area contributed by atoms with Gasteiger partial charge in [-0.15, -0.1) is 0 Å². The van der Waals surface area contributed by atoms with Gasteiger partial charge in [-0.25, -0.2) is 0 Å². The number of carbonyl (C=O) groups excluding carboxylic acids is 1. The third-order valence-electron chi connectivity index (χ3n) is 6.88. The number of allylic oxidation sites excluding steroid dienone is 1. The number of para-hydroxylation sites is 2. The number of hydrogen-bond acceptors (Lipinski definition) is 6. The Kier molecular flexibility index (Phi) is 6.85. The molecule has 0 spiro atoms. The van der Waals surface area contributed by atoms with E-state index in [4.69, 9.17) is 14.2 Å². The topological polar surface area (TPSA) is 68.8 Å². The Morgan fingerprint density at radius 1 is 0.861 bits per heavy atom. The molecule has 6 nitrogen and oxygen atoms in total. The summed E-state index contributed by atoms with van der Waals surface area (Å²) in [6, 6.07) is 21.7. The maximum absolute atomic E-state index is 13.8. The number of hydrogen-bond donors (Lipinski definition) is 2. The molecule has 3 aromatic carbocycles. The zero-order valence-electron chi connectivity index (χ0n) is 21.0. The fourth-order valence-electron chi connectivity index (χ4n) is 5.05. The van der Waals surface area contributed by atoms with E-state index in [2.05, 4.69) is 29.7 Å². The summed E-state index contributed by atoms with van der Waals surface area (Å²) in [5.74, 6) is 2.42. The van der Waals surface area contributed by atoms with Crippen LogP contribution in [0.4, 0.5) is 11.4 Å². The highest BCUT2D eigenvalue weighted by Crippen LogP contribution is 2.45. The average molecular weight is 485 g/mol. The molecule has 1 aliphatic heterocycles. The molecule has 0 saturated heterocycles. The summed E-state index contributed by atoms with van der Waals surface area (Å²) in [4.78, 5) is 13.8. The van der Waals surface area contributed by atoms with Crippen LogP contribution in [0.5, 0.6) is 17.2 Å². The number of methoxy groups -OCH3 is 2. The first-order valence-corrected chi connectivity index (χ1v) is 12.4. The fraction of sp³-hybridized carbons (Fsp3) is 0.300. The fourth-order valence-corrected chi connectivity index (χ4v) is 5.05. The SMILES string of the molecule is CCCOc1ccc([C@@H]2Nc3ccccc3NC3=C2C(=O)C[C@H](c2ccc(OC)cc2)C3)cc1OC. The predicted octanol–water partition coefficient (Wildman–Crippen LogP) is 6.47. The van der Waals surface area contributed by atoms with Crippen LogP contribution in [0.3, 0.4) is 0 Å². The zero-order valence-corrected chi connectivity index (χ0v) is 21.0. The number of ketones is 1. The van der Waals surface area contributed by atoms with Crippen LogP contribution in [0.1, 0.15) is 49.3 Å². The van der Waals surface area contributed by atoms with Gasteiger partial charge in [-0.2, -0.15) is 0 Å². The normalized spacial score (nSPS) is 18.8. The van der Waals surface area contributed by atoms with Crippen LogP contribution in [-0.2, 0) is 4.79 Å². The van der Waals surface area contributed by atoms with E-state index in [1.165, 1.54) is 0 Å². The van der Waals surface area contributed by atoms with Crippen LogP contribution in [0.25, 0.3) is 0 Å². The molecule has 1 heterocycles. The smallest absolute Gasteiger partial charge is 0.163 e. The van der Waals surface area contributed by atoms with Crippen molar-refractivity contribution in [3.63, 3.8) is 0 Å². The van der Waals surface area contributed by atoms with Crippen molar-refractivity contribution in [2.24, 2.45) is 0 Å². The van der Waals surface area contributed by atoms with Gasteiger partial charge in [-0.1, -0.05) is 37.3 Å². The molecule has 0 aromatic heterocycles. The number of benzene rings is 3. The number of carbonyl (C=O) groups is 1. The summed E-state index contributed by atoms with van der Waals surface area (Å²) in [6.07, 6.45) is 2.11. The monoisotopic (exact) mass is 484 g/mol. The Labute approximate surface area is 212 Å². The molecule has 0 amide bonds. The molecule has 5 rings (SSSR count). The second-order valence-electron chi connectivity index (χ2n) is 9.20. The molecule has 2 aliphatic rings. The van der Waals surface area contributed by atoms with Crippen molar-refractivity contribution in [1.29, 1.82) is 0 Å². The lowest BCUT2D eigenvalue weighted by Gasteiger charge is -2.30. The minimum Gasteiger partial charge on any atom is -0.497 e. The van der Waals surface area contributed by atoms with Gasteiger partial charge in [0.25, 0.3) is 0 Å². The van der Waals surface area contributed by atoms with Gasteiger partial charge in [-0.05, 0) is 66.3 Å². The van der Waals surface area contributed by atoms with Crippen LogP contribution < -0.4 is 24.8 Å². The Hall–Kier alpha value is -3.93. The molecule has 0 radical (unpaired) electrons. The number of Topliss-reactive ketones (excluding diaryl/α,β-unsaturated/α-hetero) is 1. The molecule has 6 heteroatoms. The lowest BCUT2D eigenvalue weighted by atomic mass is 9.78. The second kappa shape index (κ2) is 10.4. The maximum Gasteiger partial charge on any atom is 0.163 e. The zero-order chi connectivity index (χ0) is 25.1. The second-order valence-corrected chi connectivity index (χ2v) is 9.20. The van der Waals surface area contributed by atoms with E-state index in [1.54, 1.807) is 14.2 Å². The van der Waals surface area contributed by atoms with E-state index >= 15 is 0 Å². The van der Waals surface area contributed by atoms with Gasteiger partial charge in [0.05, 0.1) is 38.2 Å². The third-order valence-corrected chi connectivity index (χ3v) is 6.88. The van der Waals surface area contributed by atoms with Crippen molar-refractivity contribution in [2.75, 3.05) is 31.5 Å². The molecule has 0 fully saturated rings. The van der Waals surface area contributed by atoms with Gasteiger partial charge in [0.1, 0.15) is 5.75 Å². The van der Waals surface area contributed by atoms with E-state index < -0.39 is 0 Å². The molecule has 36 heavy (non-hydrogen) atoms. The Morgan fingerprint density at radius 3 is 2.33 bits per heavy atom. The van der Waals surface area contributed by atoms with E-state index in [0.717, 1.165) is 52.4 Å². The van der Waals surface area contributed by atoms with E-state index in [9.17, 15) is 4.79 Å². The first-order valence-electron chi connectivity index (χ1n) is 12.4. The molecular weight excluding hydrogens is 452 g/mol. The van der Waals surface area contributed by atoms with Crippen molar-refractivity contribution < 1.29 is 19.0 Å². The van der Waals surface area contributed by atoms with Crippen molar-refractivity contribution in [2.45, 2.75) is 38.1 Å². The minimum absolute atomic E-state index is 0.0972. The molecule has 0 unspecified atom stereocenters. The number of anilines is 2. The first kappa shape index (κ1) is 23.8. The third kappa shape index (κ3) is 4.63. The van der Waals surface area contributed by atoms with Crippen LogP contribution in [0, 0.1) is 0 Å². The molecule has 2 N–H and O–H groups in total. The lowest BCUT2D eigenvalue weighted by Crippen LogP contribution is -2.26. The Bertz CT molecular complexity index is 1280. The summed E-state index contributed by atoms with van der Waals surface area (Å²) in [5, 5.41) is 7.23. The number of fused-ring (bicyclic) bond motifs is 1. The molecule has 0 saturated carbocycles. The maximum atomic E-state index is 13.8. The minimum atomic E-state index is -0.311. The van der Waals surface area contributed by atoms with Crippen molar-refractivity contribution >= 4 is 17.2 Å². The van der Waals surface area contributed by atoms with Crippen LogP contribution in [0.15, 0.2) is 78.0 Å². The number of rotatable bonds is 7. The van der Waals surface area contributed by atoms with Gasteiger partial charge in [-0.3, -0.25) is 4.79 Å². The first-order chi connectivity index (χ1) is 17.6. The van der Waals surface area contributed by atoms with Gasteiger partial charge >= 0.3 is 0 Å². The van der Waals surface area contributed by atoms with Crippen LogP contribution >= 0.6 is 0 Å². The van der Waals surface area contributed by atoms with Gasteiger partial charge in [0, 0.05) is 17.7 Å². The van der Waals surface area contributed by atoms with E-state index in [0.29, 0.717) is 24.5 Å². The standard InChI is InChI=1S/C30H32N2O4/c1-4-15-36-27-14-11-20(18-28(27)35-3)30-29-25(31-23-7-5-6-8-24(23)32-30)16-21(17-26(29)33)19-9-12-22(34-2)13-10-19/h5-14,18,21,30-32H,4,15-17H2,1-3H3/t21-,30+/m1/s1. The Balaban J connectivity index is 1.55. The van der Waals surface area contributed by atoms with Crippen LogP contribution in [-0.4, -0.2) is 26.6 Å². The molecule has 2 atom stereocenters. The van der Waals surface area contributed by atoms with Crippen molar-refractivity contribution in [3.8, 4) is 17.2 Å². The van der Waals surface area contributed by atoms with E-state index in [-0.39, 0.29) is 17.7 Å². The summed E-state index contributed by atoms with van der Waals surface area (Å²) in [7, 11) is 3.30. The summed E-state index contributed by atoms with van der Waals surface area (Å²) in [6.45, 7) is 2.69. The highest BCUT2D eigenvalue weighted by Gasteiger charge is 2.36. The molecule has 0 bridgehead atoms. The summed E-state index contributed by atoms with van der Waals surface area (Å²) < 4.78 is 16.8. The number of ether oxygens (including phenoxy) is 3. The highest BCUT2D eigenvalue weighted by molar-refractivity contribution is 6.01. The molecule has 1 aliphatic carbocycles. The van der Waals surface area contributed by atoms with Gasteiger partial charge in [0.15, 0.2) is 17.3 Å². The van der Waals surface area contributed by atoms with Gasteiger partial charge < -0.3 is 24.8 Å². The molecule has 3 aromatic rings. The van der Waals surface area contributed by atoms with Crippen molar-refractivity contribution in [1.82, 2.24) is 0 Å². The highest BCUT2D eigenvalue weighted by atomic mass is 16.5. The quantitative estimate of drug-likeness (QED) is 0.400. The number of nitrogens with one attached hydrogen (secondary N) is 2. The summed E-state index contributed by atoms with van der Waals surface area (Å²) >= 11 is 0.